The topological polar surface area (TPSA) is 73.5 Å². The molecule has 0 unspecified atom stereocenters. The molecular weight excluding hydrogens is 399 g/mol. The maximum absolute atomic E-state index is 12.3. The van der Waals surface area contributed by atoms with Gasteiger partial charge in [-0.15, -0.1) is 0 Å². The van der Waals surface area contributed by atoms with Crippen molar-refractivity contribution in [3.8, 4) is 0 Å². The van der Waals surface area contributed by atoms with Crippen molar-refractivity contribution in [2.45, 2.75) is 57.0 Å². The van der Waals surface area contributed by atoms with Crippen LogP contribution in [0.1, 0.15) is 44.9 Å². The highest BCUT2D eigenvalue weighted by molar-refractivity contribution is 6.44. The van der Waals surface area contributed by atoms with Crippen LogP contribution in [0.5, 0.6) is 0 Å². The van der Waals surface area contributed by atoms with E-state index in [1.54, 1.807) is 18.2 Å². The molecule has 3 amide bonds. The monoisotopic (exact) mass is 426 g/mol. The van der Waals surface area contributed by atoms with Gasteiger partial charge in [0.05, 0.1) is 22.3 Å². The van der Waals surface area contributed by atoms with Crippen LogP contribution in [0.3, 0.4) is 0 Å². The first-order valence-electron chi connectivity index (χ1n) is 10.0. The van der Waals surface area contributed by atoms with Crippen molar-refractivity contribution in [2.24, 2.45) is 0 Å². The van der Waals surface area contributed by atoms with Gasteiger partial charge in [-0.3, -0.25) is 9.69 Å². The summed E-state index contributed by atoms with van der Waals surface area (Å²) in [4.78, 5) is 26.6. The van der Waals surface area contributed by atoms with E-state index in [9.17, 15) is 9.59 Å². The van der Waals surface area contributed by atoms with Crippen molar-refractivity contribution in [1.82, 2.24) is 15.5 Å². The number of anilines is 1. The molecule has 0 spiro atoms. The molecule has 3 rings (SSSR count). The van der Waals surface area contributed by atoms with Crippen LogP contribution in [0.25, 0.3) is 0 Å². The number of likely N-dealkylation sites (tertiary alicyclic amines) is 1. The SMILES string of the molecule is O=C(CN1CCC(NC(=O)NC2CCCCC2)CC1)Nc1cccc(Cl)c1Cl. The number of carbonyl (C=O) groups excluding carboxylic acids is 2. The molecule has 3 N–H and O–H groups in total. The number of nitrogens with one attached hydrogen (secondary N) is 3. The fraction of sp³-hybridized carbons (Fsp3) is 0.600. The molecule has 1 heterocycles. The average Bonchev–Trinajstić information content (AvgIpc) is 2.68. The van der Waals surface area contributed by atoms with Gasteiger partial charge in [0.1, 0.15) is 0 Å². The molecule has 1 saturated carbocycles. The zero-order valence-corrected chi connectivity index (χ0v) is 17.5. The predicted molar refractivity (Wildman–Crippen MR) is 113 cm³/mol. The van der Waals surface area contributed by atoms with Gasteiger partial charge in [0, 0.05) is 25.2 Å². The standard InChI is InChI=1S/C20H28Cl2N4O2/c21-16-7-4-8-17(19(16)22)25-18(27)13-26-11-9-15(10-12-26)24-20(28)23-14-5-2-1-3-6-14/h4,7-8,14-15H,1-3,5-6,9-13H2,(H,25,27)(H2,23,24,28). The molecular formula is C20H28Cl2N4O2. The Balaban J connectivity index is 1.37. The third-order valence-electron chi connectivity index (χ3n) is 5.46. The Kier molecular flexibility index (Phi) is 7.82. The zero-order chi connectivity index (χ0) is 19.9. The third-order valence-corrected chi connectivity index (χ3v) is 6.27. The Labute approximate surface area is 176 Å². The largest absolute Gasteiger partial charge is 0.335 e. The Morgan fingerprint density at radius 1 is 0.964 bits per heavy atom. The van der Waals surface area contributed by atoms with Gasteiger partial charge in [-0.2, -0.15) is 0 Å². The number of hydrogen-bond acceptors (Lipinski definition) is 3. The molecule has 1 aliphatic carbocycles. The highest BCUT2D eigenvalue weighted by Crippen LogP contribution is 2.29. The predicted octanol–water partition coefficient (Wildman–Crippen LogP) is 4.03. The number of hydrogen-bond donors (Lipinski definition) is 3. The van der Waals surface area contributed by atoms with E-state index in [0.29, 0.717) is 28.3 Å². The van der Waals surface area contributed by atoms with Gasteiger partial charge in [0.25, 0.3) is 0 Å². The molecule has 1 aromatic rings. The van der Waals surface area contributed by atoms with Crippen LogP contribution in [0.15, 0.2) is 18.2 Å². The van der Waals surface area contributed by atoms with Gasteiger partial charge < -0.3 is 16.0 Å². The number of amides is 3. The molecule has 6 nitrogen and oxygen atoms in total. The van der Waals surface area contributed by atoms with Gasteiger partial charge in [0.15, 0.2) is 0 Å². The molecule has 0 atom stereocenters. The van der Waals surface area contributed by atoms with Gasteiger partial charge in [-0.25, -0.2) is 4.79 Å². The van der Waals surface area contributed by atoms with Gasteiger partial charge in [0.2, 0.25) is 5.91 Å². The molecule has 2 aliphatic rings. The van der Waals surface area contributed by atoms with E-state index < -0.39 is 0 Å². The summed E-state index contributed by atoms with van der Waals surface area (Å²) in [6.45, 7) is 1.83. The lowest BCUT2D eigenvalue weighted by Crippen LogP contribution is -2.51. The second-order valence-corrected chi connectivity index (χ2v) is 8.44. The zero-order valence-electron chi connectivity index (χ0n) is 16.0. The van der Waals surface area contributed by atoms with Crippen molar-refractivity contribution < 1.29 is 9.59 Å². The second-order valence-electron chi connectivity index (χ2n) is 7.65. The van der Waals surface area contributed by atoms with Crippen molar-refractivity contribution >= 4 is 40.8 Å². The third kappa shape index (κ3) is 6.26. The Bertz CT molecular complexity index is 687. The molecule has 1 saturated heterocycles. The molecule has 1 aliphatic heterocycles. The average molecular weight is 427 g/mol. The Morgan fingerprint density at radius 2 is 1.61 bits per heavy atom. The number of benzene rings is 1. The summed E-state index contributed by atoms with van der Waals surface area (Å²) in [6.07, 6.45) is 7.51. The summed E-state index contributed by atoms with van der Waals surface area (Å²) >= 11 is 12.1. The maximum Gasteiger partial charge on any atom is 0.315 e. The first-order valence-corrected chi connectivity index (χ1v) is 10.8. The minimum absolute atomic E-state index is 0.0568. The van der Waals surface area contributed by atoms with Gasteiger partial charge in [-0.1, -0.05) is 48.5 Å². The number of halogens is 2. The van der Waals surface area contributed by atoms with E-state index in [1.165, 1.54) is 19.3 Å². The molecule has 154 valence electrons. The Hall–Kier alpha value is -1.50. The van der Waals surface area contributed by atoms with E-state index in [4.69, 9.17) is 23.2 Å². The summed E-state index contributed by atoms with van der Waals surface area (Å²) in [6, 6.07) is 5.58. The minimum Gasteiger partial charge on any atom is -0.335 e. The van der Waals surface area contributed by atoms with Crippen molar-refractivity contribution in [3.05, 3.63) is 28.2 Å². The van der Waals surface area contributed by atoms with E-state index in [-0.39, 0.29) is 18.0 Å². The normalized spacial score (nSPS) is 19.2. The Morgan fingerprint density at radius 3 is 2.29 bits per heavy atom. The molecule has 0 bridgehead atoms. The molecule has 0 aromatic heterocycles. The quantitative estimate of drug-likeness (QED) is 0.665. The number of nitrogens with zero attached hydrogens (tertiary/aromatic N) is 1. The number of rotatable bonds is 5. The van der Waals surface area contributed by atoms with Crippen molar-refractivity contribution in [1.29, 1.82) is 0 Å². The summed E-state index contributed by atoms with van der Waals surface area (Å²) in [7, 11) is 0. The lowest BCUT2D eigenvalue weighted by atomic mass is 9.96. The van der Waals surface area contributed by atoms with Gasteiger partial charge >= 0.3 is 6.03 Å². The van der Waals surface area contributed by atoms with E-state index >= 15 is 0 Å². The van der Waals surface area contributed by atoms with Crippen LogP contribution >= 0.6 is 23.2 Å². The van der Waals surface area contributed by atoms with Crippen LogP contribution < -0.4 is 16.0 Å². The van der Waals surface area contributed by atoms with E-state index in [0.717, 1.165) is 38.8 Å². The molecule has 2 fully saturated rings. The van der Waals surface area contributed by atoms with E-state index in [2.05, 4.69) is 20.9 Å². The molecule has 1 aromatic carbocycles. The summed E-state index contributed by atoms with van der Waals surface area (Å²) in [5, 5.41) is 9.76. The van der Waals surface area contributed by atoms with Crippen LogP contribution in [0.4, 0.5) is 10.5 Å². The highest BCUT2D eigenvalue weighted by Gasteiger charge is 2.23. The van der Waals surface area contributed by atoms with Crippen LogP contribution in [-0.4, -0.2) is 48.6 Å². The van der Waals surface area contributed by atoms with Crippen LogP contribution in [-0.2, 0) is 4.79 Å². The second kappa shape index (κ2) is 10.3. The van der Waals surface area contributed by atoms with Crippen LogP contribution in [0.2, 0.25) is 10.0 Å². The lowest BCUT2D eigenvalue weighted by molar-refractivity contribution is -0.117. The number of urea groups is 1. The maximum atomic E-state index is 12.3. The molecule has 8 heteroatoms. The lowest BCUT2D eigenvalue weighted by Gasteiger charge is -2.32. The van der Waals surface area contributed by atoms with Gasteiger partial charge in [-0.05, 0) is 37.8 Å². The van der Waals surface area contributed by atoms with Crippen molar-refractivity contribution in [3.63, 3.8) is 0 Å². The smallest absolute Gasteiger partial charge is 0.315 e. The van der Waals surface area contributed by atoms with E-state index in [1.807, 2.05) is 0 Å². The van der Waals surface area contributed by atoms with Crippen LogP contribution in [0, 0.1) is 0 Å². The fourth-order valence-corrected chi connectivity index (χ4v) is 4.24. The summed E-state index contributed by atoms with van der Waals surface area (Å²) in [5.74, 6) is -0.120. The van der Waals surface area contributed by atoms with Crippen molar-refractivity contribution in [2.75, 3.05) is 25.0 Å². The molecule has 28 heavy (non-hydrogen) atoms. The summed E-state index contributed by atoms with van der Waals surface area (Å²) in [5.41, 5.74) is 0.523. The first kappa shape index (κ1) is 21.2. The minimum atomic E-state index is -0.120. The fourth-order valence-electron chi connectivity index (χ4n) is 3.89. The number of piperidine rings is 1. The first-order chi connectivity index (χ1) is 13.5. The summed E-state index contributed by atoms with van der Waals surface area (Å²) < 4.78 is 0. The highest BCUT2D eigenvalue weighted by atomic mass is 35.5. The molecule has 0 radical (unpaired) electrons. The number of carbonyl (C=O) groups is 2.